The van der Waals surface area contributed by atoms with E-state index in [1.807, 2.05) is 48.2 Å². The summed E-state index contributed by atoms with van der Waals surface area (Å²) < 4.78 is 0. The van der Waals surface area contributed by atoms with E-state index in [9.17, 15) is 9.59 Å². The molecular weight excluding hydrogens is 402 g/mol. The van der Waals surface area contributed by atoms with Crippen LogP contribution in [0.25, 0.3) is 0 Å². The molecule has 2 aliphatic heterocycles. The van der Waals surface area contributed by atoms with Gasteiger partial charge in [-0.05, 0) is 75.7 Å². The molecule has 0 unspecified atom stereocenters. The number of nitrogens with zero attached hydrogens (tertiary/aromatic N) is 2. The van der Waals surface area contributed by atoms with Gasteiger partial charge in [0.15, 0.2) is 0 Å². The standard InChI is InChI=1S/C25H33N5O2/c1-15-6-5-7-23(27-15)29-24-16(2)17(3)30(18(4)31)22-9-8-19(14-21(22)24)25(32)28-20-10-12-26-13-11-20/h5-9,14,16-17,20,24,26H,10-13H2,1-4H3,(H,27,29)(H,28,32)/t16-,17-,24+/m0/s1. The van der Waals surface area contributed by atoms with Crippen LogP contribution >= 0.6 is 0 Å². The van der Waals surface area contributed by atoms with Gasteiger partial charge in [-0.25, -0.2) is 4.98 Å². The van der Waals surface area contributed by atoms with Crippen molar-refractivity contribution in [2.75, 3.05) is 23.3 Å². The summed E-state index contributed by atoms with van der Waals surface area (Å²) in [7, 11) is 0. The SMILES string of the molecule is CC(=O)N1c2ccc(C(=O)NC3CCNCC3)cc2[C@H](Nc2cccc(C)n2)[C@@H](C)[C@@H]1C. The number of hydrogen-bond acceptors (Lipinski definition) is 5. The number of aromatic nitrogens is 1. The van der Waals surface area contributed by atoms with Gasteiger partial charge < -0.3 is 20.9 Å². The molecule has 7 nitrogen and oxygen atoms in total. The minimum absolute atomic E-state index is 0.00429. The molecule has 32 heavy (non-hydrogen) atoms. The third kappa shape index (κ3) is 4.48. The van der Waals surface area contributed by atoms with Crippen LogP contribution in [0.2, 0.25) is 0 Å². The zero-order valence-electron chi connectivity index (χ0n) is 19.3. The third-order valence-corrected chi connectivity index (χ3v) is 6.78. The average Bonchev–Trinajstić information content (AvgIpc) is 2.77. The van der Waals surface area contributed by atoms with E-state index < -0.39 is 0 Å². The van der Waals surface area contributed by atoms with E-state index in [-0.39, 0.29) is 35.9 Å². The lowest BCUT2D eigenvalue weighted by molar-refractivity contribution is -0.117. The highest BCUT2D eigenvalue weighted by Gasteiger charge is 2.38. The molecule has 2 aromatic rings. The van der Waals surface area contributed by atoms with Crippen LogP contribution in [0.3, 0.4) is 0 Å². The lowest BCUT2D eigenvalue weighted by Gasteiger charge is -2.44. The van der Waals surface area contributed by atoms with Crippen LogP contribution in [0.15, 0.2) is 36.4 Å². The van der Waals surface area contributed by atoms with Crippen LogP contribution in [0.5, 0.6) is 0 Å². The fourth-order valence-corrected chi connectivity index (χ4v) is 4.86. The van der Waals surface area contributed by atoms with Crippen molar-refractivity contribution in [2.45, 2.75) is 58.7 Å². The van der Waals surface area contributed by atoms with Gasteiger partial charge in [-0.15, -0.1) is 0 Å². The van der Waals surface area contributed by atoms with Crippen LogP contribution in [-0.4, -0.2) is 42.0 Å². The van der Waals surface area contributed by atoms with E-state index in [0.717, 1.165) is 48.7 Å². The summed E-state index contributed by atoms with van der Waals surface area (Å²) >= 11 is 0. The minimum Gasteiger partial charge on any atom is -0.363 e. The molecule has 3 atom stereocenters. The summed E-state index contributed by atoms with van der Waals surface area (Å²) in [5.41, 5.74) is 3.36. The highest BCUT2D eigenvalue weighted by molar-refractivity contribution is 5.98. The first-order chi connectivity index (χ1) is 15.3. The van der Waals surface area contributed by atoms with Crippen molar-refractivity contribution in [1.82, 2.24) is 15.6 Å². The molecule has 1 aromatic heterocycles. The topological polar surface area (TPSA) is 86.4 Å². The van der Waals surface area contributed by atoms with Gasteiger partial charge in [-0.2, -0.15) is 0 Å². The van der Waals surface area contributed by atoms with Crippen LogP contribution in [-0.2, 0) is 4.79 Å². The number of carbonyl (C=O) groups excluding carboxylic acids is 2. The summed E-state index contributed by atoms with van der Waals surface area (Å²) in [6, 6.07) is 11.7. The number of rotatable bonds is 4. The first-order valence-corrected chi connectivity index (χ1v) is 11.5. The molecule has 0 saturated carbocycles. The average molecular weight is 436 g/mol. The zero-order chi connectivity index (χ0) is 22.8. The summed E-state index contributed by atoms with van der Waals surface area (Å²) in [6.07, 6.45) is 1.87. The zero-order valence-corrected chi connectivity index (χ0v) is 19.3. The number of carbonyl (C=O) groups is 2. The molecule has 170 valence electrons. The Bertz CT molecular complexity index is 1000. The largest absolute Gasteiger partial charge is 0.363 e. The molecule has 1 aromatic carbocycles. The second-order valence-corrected chi connectivity index (χ2v) is 9.05. The predicted molar refractivity (Wildman–Crippen MR) is 127 cm³/mol. The molecule has 0 spiro atoms. The Labute approximate surface area is 190 Å². The van der Waals surface area contributed by atoms with Crippen LogP contribution in [0, 0.1) is 12.8 Å². The van der Waals surface area contributed by atoms with Crippen molar-refractivity contribution in [3.8, 4) is 0 Å². The maximum absolute atomic E-state index is 13.0. The molecule has 3 heterocycles. The molecule has 1 fully saturated rings. The molecule has 0 radical (unpaired) electrons. The fraction of sp³-hybridized carbons (Fsp3) is 0.480. The van der Waals surface area contributed by atoms with Gasteiger partial charge in [-0.3, -0.25) is 9.59 Å². The normalized spacial score (nSPS) is 23.4. The van der Waals surface area contributed by atoms with Gasteiger partial charge in [0.2, 0.25) is 5.91 Å². The van der Waals surface area contributed by atoms with Crippen molar-refractivity contribution in [3.63, 3.8) is 0 Å². The first-order valence-electron chi connectivity index (χ1n) is 11.5. The van der Waals surface area contributed by atoms with Crippen molar-refractivity contribution in [2.24, 2.45) is 5.92 Å². The van der Waals surface area contributed by atoms with Crippen molar-refractivity contribution in [1.29, 1.82) is 0 Å². The van der Waals surface area contributed by atoms with E-state index in [2.05, 4.69) is 34.8 Å². The van der Waals surface area contributed by atoms with Crippen LogP contribution < -0.4 is 20.9 Å². The number of fused-ring (bicyclic) bond motifs is 1. The van der Waals surface area contributed by atoms with E-state index in [1.54, 1.807) is 6.92 Å². The van der Waals surface area contributed by atoms with Crippen LogP contribution in [0.1, 0.15) is 61.3 Å². The third-order valence-electron chi connectivity index (χ3n) is 6.78. The van der Waals surface area contributed by atoms with Gasteiger partial charge in [0.25, 0.3) is 5.91 Å². The van der Waals surface area contributed by atoms with Gasteiger partial charge in [0, 0.05) is 41.9 Å². The number of piperidine rings is 1. The Kier molecular flexibility index (Phi) is 6.46. The summed E-state index contributed by atoms with van der Waals surface area (Å²) in [6.45, 7) is 9.62. The lowest BCUT2D eigenvalue weighted by atomic mass is 9.82. The highest BCUT2D eigenvalue weighted by atomic mass is 16.2. The molecule has 0 aliphatic carbocycles. The fourth-order valence-electron chi connectivity index (χ4n) is 4.86. The lowest BCUT2D eigenvalue weighted by Crippen LogP contribution is -2.48. The van der Waals surface area contributed by atoms with Crippen molar-refractivity contribution >= 4 is 23.3 Å². The molecule has 2 amide bonds. The summed E-state index contributed by atoms with van der Waals surface area (Å²) in [4.78, 5) is 32.0. The molecule has 3 N–H and O–H groups in total. The van der Waals surface area contributed by atoms with Gasteiger partial charge >= 0.3 is 0 Å². The molecular formula is C25H33N5O2. The van der Waals surface area contributed by atoms with E-state index in [4.69, 9.17) is 0 Å². The second kappa shape index (κ2) is 9.28. The van der Waals surface area contributed by atoms with Crippen molar-refractivity contribution < 1.29 is 9.59 Å². The Morgan fingerprint density at radius 3 is 2.56 bits per heavy atom. The maximum Gasteiger partial charge on any atom is 0.251 e. The maximum atomic E-state index is 13.0. The smallest absolute Gasteiger partial charge is 0.251 e. The summed E-state index contributed by atoms with van der Waals surface area (Å²) in [5, 5.41) is 10.1. The highest BCUT2D eigenvalue weighted by Crippen LogP contribution is 2.42. The minimum atomic E-state index is -0.0727. The monoisotopic (exact) mass is 435 g/mol. The number of aryl methyl sites for hydroxylation is 1. The number of anilines is 2. The molecule has 0 bridgehead atoms. The Morgan fingerprint density at radius 2 is 1.88 bits per heavy atom. The number of nitrogens with one attached hydrogen (secondary N) is 3. The Morgan fingerprint density at radius 1 is 1.12 bits per heavy atom. The molecule has 7 heteroatoms. The molecule has 2 aliphatic rings. The van der Waals surface area contributed by atoms with Crippen molar-refractivity contribution in [3.05, 3.63) is 53.2 Å². The Hall–Kier alpha value is -2.93. The molecule has 1 saturated heterocycles. The second-order valence-electron chi connectivity index (χ2n) is 9.05. The number of amides is 2. The molecule has 4 rings (SSSR count). The van der Waals surface area contributed by atoms with Gasteiger partial charge in [0.1, 0.15) is 5.82 Å². The summed E-state index contributed by atoms with van der Waals surface area (Å²) in [5.74, 6) is 0.856. The quantitative estimate of drug-likeness (QED) is 0.685. The van der Waals surface area contributed by atoms with E-state index in [0.29, 0.717) is 5.56 Å². The van der Waals surface area contributed by atoms with E-state index in [1.165, 1.54) is 0 Å². The number of pyridine rings is 1. The Balaban J connectivity index is 1.69. The van der Waals surface area contributed by atoms with E-state index >= 15 is 0 Å². The van der Waals surface area contributed by atoms with Gasteiger partial charge in [-0.1, -0.05) is 13.0 Å². The predicted octanol–water partition coefficient (Wildman–Crippen LogP) is 3.42. The van der Waals surface area contributed by atoms with Crippen LogP contribution in [0.4, 0.5) is 11.5 Å². The first kappa shape index (κ1) is 22.3. The number of hydrogen-bond donors (Lipinski definition) is 3. The van der Waals surface area contributed by atoms with Gasteiger partial charge in [0.05, 0.1) is 6.04 Å². The number of benzene rings is 1.